The van der Waals surface area contributed by atoms with Gasteiger partial charge in [0.25, 0.3) is 12.2 Å². The van der Waals surface area contributed by atoms with Crippen molar-refractivity contribution in [2.24, 2.45) is 0 Å². The number of hydrogen-bond acceptors (Lipinski definition) is 6. The molecule has 0 saturated carbocycles. The first-order valence-electron chi connectivity index (χ1n) is 8.11. The lowest BCUT2D eigenvalue weighted by Gasteiger charge is -2.34. The van der Waals surface area contributed by atoms with Crippen LogP contribution in [0.25, 0.3) is 5.78 Å². The largest absolute Gasteiger partial charge is 0.382 e. The van der Waals surface area contributed by atoms with E-state index in [2.05, 4.69) is 30.3 Å². The highest BCUT2D eigenvalue weighted by molar-refractivity contribution is 5.48. The number of pyridine rings is 1. The topological polar surface area (TPSA) is 71.2 Å². The fourth-order valence-electron chi connectivity index (χ4n) is 3.09. The number of hydrogen-bond donors (Lipinski definition) is 1. The molecule has 0 aromatic carbocycles. The number of aromatic nitrogens is 5. The second-order valence-electron chi connectivity index (χ2n) is 5.95. The smallest absolute Gasteiger partial charge is 0.280 e. The van der Waals surface area contributed by atoms with Gasteiger partial charge in [-0.1, -0.05) is 0 Å². The van der Waals surface area contributed by atoms with Crippen molar-refractivity contribution < 1.29 is 8.78 Å². The van der Waals surface area contributed by atoms with Gasteiger partial charge in [0.2, 0.25) is 0 Å². The van der Waals surface area contributed by atoms with E-state index in [1.807, 2.05) is 12.1 Å². The van der Waals surface area contributed by atoms with E-state index in [0.29, 0.717) is 11.9 Å². The number of halogens is 2. The van der Waals surface area contributed by atoms with Crippen molar-refractivity contribution in [3.63, 3.8) is 0 Å². The Morgan fingerprint density at radius 3 is 2.64 bits per heavy atom. The number of alkyl halides is 2. The van der Waals surface area contributed by atoms with E-state index in [1.54, 1.807) is 12.4 Å². The SMILES string of the molecule is FC(F)c1cc(N2CCC(Nc3ccncc3)CC2)n2ncnc2n1. The minimum atomic E-state index is -2.63. The Bertz CT molecular complexity index is 844. The van der Waals surface area contributed by atoms with Gasteiger partial charge in [-0.25, -0.2) is 13.8 Å². The molecule has 0 atom stereocenters. The summed E-state index contributed by atoms with van der Waals surface area (Å²) in [5.41, 5.74) is 0.767. The van der Waals surface area contributed by atoms with Gasteiger partial charge < -0.3 is 10.2 Å². The number of anilines is 2. The Morgan fingerprint density at radius 2 is 1.92 bits per heavy atom. The summed E-state index contributed by atoms with van der Waals surface area (Å²) in [6.45, 7) is 1.48. The molecule has 4 heterocycles. The molecular weight excluding hydrogens is 328 g/mol. The minimum Gasteiger partial charge on any atom is -0.382 e. The Labute approximate surface area is 142 Å². The Balaban J connectivity index is 1.51. The zero-order chi connectivity index (χ0) is 17.2. The third kappa shape index (κ3) is 3.21. The lowest BCUT2D eigenvalue weighted by atomic mass is 10.0. The average Bonchev–Trinajstić information content (AvgIpc) is 3.11. The molecule has 130 valence electrons. The van der Waals surface area contributed by atoms with Crippen LogP contribution in [0.1, 0.15) is 25.0 Å². The molecule has 1 saturated heterocycles. The molecule has 1 fully saturated rings. The molecule has 0 radical (unpaired) electrons. The van der Waals surface area contributed by atoms with E-state index >= 15 is 0 Å². The van der Waals surface area contributed by atoms with Crippen molar-refractivity contribution in [2.75, 3.05) is 23.3 Å². The van der Waals surface area contributed by atoms with Crippen LogP contribution in [0.4, 0.5) is 20.3 Å². The van der Waals surface area contributed by atoms with Gasteiger partial charge in [0.05, 0.1) is 0 Å². The summed E-state index contributed by atoms with van der Waals surface area (Å²) in [6.07, 6.45) is 3.99. The van der Waals surface area contributed by atoms with Gasteiger partial charge in [0.1, 0.15) is 17.8 Å². The maximum absolute atomic E-state index is 13.1. The van der Waals surface area contributed by atoms with Crippen LogP contribution in [0.5, 0.6) is 0 Å². The molecule has 9 heteroatoms. The predicted octanol–water partition coefficient (Wildman–Crippen LogP) is 2.54. The molecule has 0 bridgehead atoms. The Morgan fingerprint density at radius 1 is 1.16 bits per heavy atom. The van der Waals surface area contributed by atoms with Crippen molar-refractivity contribution in [2.45, 2.75) is 25.3 Å². The summed E-state index contributed by atoms with van der Waals surface area (Å²) in [5.74, 6) is 0.810. The van der Waals surface area contributed by atoms with Crippen LogP contribution >= 0.6 is 0 Å². The highest BCUT2D eigenvalue weighted by atomic mass is 19.3. The molecule has 0 aliphatic carbocycles. The standard InChI is InChI=1S/C16H17F2N7/c17-15(18)13-9-14(25-16(23-13)20-10-21-25)24-7-3-12(4-8-24)22-11-1-5-19-6-2-11/h1-2,5-6,9-10,12,15H,3-4,7-8H2,(H,19,22). The van der Waals surface area contributed by atoms with Crippen molar-refractivity contribution in [3.8, 4) is 0 Å². The number of nitrogens with zero attached hydrogens (tertiary/aromatic N) is 6. The van der Waals surface area contributed by atoms with Gasteiger partial charge in [-0.15, -0.1) is 0 Å². The maximum Gasteiger partial charge on any atom is 0.280 e. The van der Waals surface area contributed by atoms with Crippen LogP contribution in [0.2, 0.25) is 0 Å². The van der Waals surface area contributed by atoms with Crippen LogP contribution in [0, 0.1) is 0 Å². The lowest BCUT2D eigenvalue weighted by molar-refractivity contribution is 0.146. The van der Waals surface area contributed by atoms with Crippen molar-refractivity contribution in [3.05, 3.63) is 42.6 Å². The first-order chi connectivity index (χ1) is 12.2. The number of piperidine rings is 1. The molecule has 4 rings (SSSR count). The quantitative estimate of drug-likeness (QED) is 0.783. The van der Waals surface area contributed by atoms with E-state index in [9.17, 15) is 8.78 Å². The summed E-state index contributed by atoms with van der Waals surface area (Å²) in [6, 6.07) is 5.61. The second-order valence-corrected chi connectivity index (χ2v) is 5.95. The van der Waals surface area contributed by atoms with Crippen molar-refractivity contribution >= 4 is 17.3 Å². The normalized spacial score (nSPS) is 15.9. The van der Waals surface area contributed by atoms with Gasteiger partial charge in [0.15, 0.2) is 0 Å². The minimum absolute atomic E-state index is 0.199. The van der Waals surface area contributed by atoms with Crippen molar-refractivity contribution in [1.29, 1.82) is 0 Å². The first-order valence-corrected chi connectivity index (χ1v) is 8.11. The maximum atomic E-state index is 13.1. The molecule has 0 amide bonds. The van der Waals surface area contributed by atoms with Gasteiger partial charge in [-0.2, -0.15) is 14.6 Å². The summed E-state index contributed by atoms with van der Waals surface area (Å²) < 4.78 is 27.7. The van der Waals surface area contributed by atoms with Gasteiger partial charge >= 0.3 is 0 Å². The lowest BCUT2D eigenvalue weighted by Crippen LogP contribution is -2.40. The van der Waals surface area contributed by atoms with Gasteiger partial charge in [-0.3, -0.25) is 4.98 Å². The van der Waals surface area contributed by atoms with Crippen LogP contribution in [0.15, 0.2) is 36.9 Å². The van der Waals surface area contributed by atoms with Crippen LogP contribution < -0.4 is 10.2 Å². The summed E-state index contributed by atoms with van der Waals surface area (Å²) >= 11 is 0. The monoisotopic (exact) mass is 345 g/mol. The fraction of sp³-hybridized carbons (Fsp3) is 0.375. The highest BCUT2D eigenvalue weighted by Gasteiger charge is 2.23. The third-order valence-corrected chi connectivity index (χ3v) is 4.35. The number of fused-ring (bicyclic) bond motifs is 1. The van der Waals surface area contributed by atoms with Gasteiger partial charge in [-0.05, 0) is 25.0 Å². The molecule has 0 unspecified atom stereocenters. The second kappa shape index (κ2) is 6.58. The molecule has 3 aromatic rings. The van der Waals surface area contributed by atoms with E-state index < -0.39 is 6.43 Å². The van der Waals surface area contributed by atoms with Crippen LogP contribution in [-0.2, 0) is 0 Å². The molecule has 0 spiro atoms. The number of nitrogens with one attached hydrogen (secondary N) is 1. The van der Waals surface area contributed by atoms with E-state index in [4.69, 9.17) is 0 Å². The highest BCUT2D eigenvalue weighted by Crippen LogP contribution is 2.26. The fourth-order valence-corrected chi connectivity index (χ4v) is 3.09. The summed E-state index contributed by atoms with van der Waals surface area (Å²) in [4.78, 5) is 13.9. The molecule has 25 heavy (non-hydrogen) atoms. The Hall–Kier alpha value is -2.84. The molecule has 7 nitrogen and oxygen atoms in total. The van der Waals surface area contributed by atoms with E-state index in [1.165, 1.54) is 16.9 Å². The molecule has 3 aromatic heterocycles. The van der Waals surface area contributed by atoms with E-state index in [0.717, 1.165) is 31.6 Å². The average molecular weight is 345 g/mol. The summed E-state index contributed by atoms with van der Waals surface area (Å²) in [5, 5.41) is 7.60. The molecule has 1 N–H and O–H groups in total. The Kier molecular flexibility index (Phi) is 4.12. The zero-order valence-corrected chi connectivity index (χ0v) is 13.4. The first kappa shape index (κ1) is 15.7. The van der Waals surface area contributed by atoms with Crippen LogP contribution in [-0.4, -0.2) is 43.7 Å². The van der Waals surface area contributed by atoms with Crippen molar-refractivity contribution in [1.82, 2.24) is 24.6 Å². The van der Waals surface area contributed by atoms with Crippen LogP contribution in [0.3, 0.4) is 0 Å². The molecular formula is C16H17F2N7. The predicted molar refractivity (Wildman–Crippen MR) is 88.8 cm³/mol. The summed E-state index contributed by atoms with van der Waals surface area (Å²) in [7, 11) is 0. The van der Waals surface area contributed by atoms with E-state index in [-0.39, 0.29) is 11.5 Å². The zero-order valence-electron chi connectivity index (χ0n) is 13.4. The number of rotatable bonds is 4. The molecule has 1 aliphatic heterocycles. The third-order valence-electron chi connectivity index (χ3n) is 4.35. The van der Waals surface area contributed by atoms with Gasteiger partial charge in [0, 0.05) is 43.3 Å². The molecule has 1 aliphatic rings.